The lowest BCUT2D eigenvalue weighted by Crippen LogP contribution is -2.58. The first-order valence-electron chi connectivity index (χ1n) is 14.5. The van der Waals surface area contributed by atoms with Crippen LogP contribution in [0, 0.1) is 53.3 Å². The van der Waals surface area contributed by atoms with E-state index >= 15 is 0 Å². The molecule has 10 atom stereocenters. The molecule has 3 N–H and O–H groups in total. The van der Waals surface area contributed by atoms with E-state index in [1.54, 1.807) is 0 Å². The zero-order valence-corrected chi connectivity index (χ0v) is 22.3. The van der Waals surface area contributed by atoms with Gasteiger partial charge in [-0.05, 0) is 129 Å². The molecule has 4 nitrogen and oxygen atoms in total. The van der Waals surface area contributed by atoms with Crippen LogP contribution in [0.25, 0.3) is 11.0 Å². The third kappa shape index (κ3) is 3.72. The summed E-state index contributed by atoms with van der Waals surface area (Å²) < 4.78 is 0. The molecule has 1 aromatic heterocycles. The summed E-state index contributed by atoms with van der Waals surface area (Å²) in [6.07, 6.45) is 11.0. The Kier molecular flexibility index (Phi) is 5.88. The molecule has 6 rings (SSSR count). The largest absolute Gasteiger partial charge is 0.393 e. The van der Waals surface area contributed by atoms with E-state index in [0.717, 1.165) is 61.3 Å². The van der Waals surface area contributed by atoms with Crippen molar-refractivity contribution in [2.45, 2.75) is 104 Å². The number of H-pyrrole nitrogens is 1. The quantitative estimate of drug-likeness (QED) is 0.474. The van der Waals surface area contributed by atoms with Crippen molar-refractivity contribution in [3.05, 3.63) is 29.6 Å². The molecule has 2 aromatic rings. The minimum absolute atomic E-state index is 0.0446. The maximum Gasteiger partial charge on any atom is 0.107 e. The molecule has 1 heterocycles. The number of nitrogens with zero attached hydrogens (tertiary/aromatic N) is 1. The number of rotatable bonds is 4. The first-order valence-corrected chi connectivity index (χ1v) is 14.5. The second-order valence-electron chi connectivity index (χ2n) is 13.6. The van der Waals surface area contributed by atoms with Crippen molar-refractivity contribution >= 4 is 11.0 Å². The van der Waals surface area contributed by atoms with Crippen LogP contribution in [0.5, 0.6) is 0 Å². The molecule has 0 radical (unpaired) electrons. The summed E-state index contributed by atoms with van der Waals surface area (Å²) in [5.41, 5.74) is 3.84. The molecule has 4 saturated carbocycles. The molecule has 0 aliphatic heterocycles. The molecule has 0 spiro atoms. The molecule has 0 bridgehead atoms. The Labute approximate surface area is 211 Å². The van der Waals surface area contributed by atoms with E-state index in [4.69, 9.17) is 4.98 Å². The molecule has 0 amide bonds. The number of imidazole rings is 1. The van der Waals surface area contributed by atoms with Crippen molar-refractivity contribution in [3.8, 4) is 0 Å². The Morgan fingerprint density at radius 3 is 2.71 bits per heavy atom. The Hall–Kier alpha value is -1.39. The number of nitrogens with one attached hydrogen (secondary N) is 1. The summed E-state index contributed by atoms with van der Waals surface area (Å²) in [7, 11) is 0. The number of aryl methyl sites for hydroxylation is 2. The molecule has 4 aliphatic carbocycles. The summed E-state index contributed by atoms with van der Waals surface area (Å²) in [5.74, 6) is 4.98. The molecule has 4 fully saturated rings. The Balaban J connectivity index is 1.18. The van der Waals surface area contributed by atoms with Crippen LogP contribution in [-0.2, 0) is 6.42 Å². The van der Waals surface area contributed by atoms with Gasteiger partial charge in [0.2, 0.25) is 0 Å². The van der Waals surface area contributed by atoms with Crippen LogP contribution < -0.4 is 0 Å². The van der Waals surface area contributed by atoms with Crippen LogP contribution in [0.1, 0.15) is 89.9 Å². The second kappa shape index (κ2) is 8.58. The average Bonchev–Trinajstić information content (AvgIpc) is 3.40. The summed E-state index contributed by atoms with van der Waals surface area (Å²) >= 11 is 0. The van der Waals surface area contributed by atoms with Gasteiger partial charge in [0.05, 0.1) is 23.2 Å². The van der Waals surface area contributed by atoms with E-state index in [0.29, 0.717) is 35.0 Å². The van der Waals surface area contributed by atoms with E-state index in [2.05, 4.69) is 50.9 Å². The third-order valence-electron chi connectivity index (χ3n) is 12.0. The lowest BCUT2D eigenvalue weighted by Gasteiger charge is -2.62. The molecule has 0 unspecified atom stereocenters. The highest BCUT2D eigenvalue weighted by atomic mass is 16.3. The molecule has 192 valence electrons. The van der Waals surface area contributed by atoms with Crippen LogP contribution in [0.4, 0.5) is 0 Å². The highest BCUT2D eigenvalue weighted by Crippen LogP contribution is 2.68. The fraction of sp³-hybridized carbons (Fsp3) is 0.774. The second-order valence-corrected chi connectivity index (χ2v) is 13.6. The predicted octanol–water partition coefficient (Wildman–Crippen LogP) is 6.43. The number of aromatic nitrogens is 2. The molecular weight excluding hydrogens is 432 g/mol. The minimum atomic E-state index is -0.194. The van der Waals surface area contributed by atoms with Gasteiger partial charge in [0.25, 0.3) is 0 Å². The summed E-state index contributed by atoms with van der Waals surface area (Å²) in [4.78, 5) is 8.40. The maximum absolute atomic E-state index is 11.8. The predicted molar refractivity (Wildman–Crippen MR) is 141 cm³/mol. The van der Waals surface area contributed by atoms with Crippen molar-refractivity contribution in [2.24, 2.45) is 46.3 Å². The summed E-state index contributed by atoms with van der Waals surface area (Å²) in [6, 6.07) is 6.44. The molecule has 4 heteroatoms. The fourth-order valence-corrected chi connectivity index (χ4v) is 10.0. The topological polar surface area (TPSA) is 69.1 Å². The number of hydrogen-bond donors (Lipinski definition) is 3. The Bertz CT molecular complexity index is 1080. The van der Waals surface area contributed by atoms with Gasteiger partial charge in [-0.2, -0.15) is 0 Å². The monoisotopic (exact) mass is 478 g/mol. The van der Waals surface area contributed by atoms with Crippen molar-refractivity contribution in [3.63, 3.8) is 0 Å². The number of aliphatic hydroxyl groups is 2. The SMILES string of the molecule is Cc1ccc2nc(CC[C@H](C)[C@H]3CC[C@H]4[C@@H]5CC[C@@H]6C[C@H](O)CC[C@]6(C)[C@H]5C[C@H](O)[C@]34C)[nH]c2c1. The van der Waals surface area contributed by atoms with Crippen LogP contribution in [0.15, 0.2) is 18.2 Å². The van der Waals surface area contributed by atoms with Crippen LogP contribution in [-0.4, -0.2) is 32.4 Å². The molecule has 0 saturated heterocycles. The van der Waals surface area contributed by atoms with E-state index in [1.807, 2.05) is 0 Å². The van der Waals surface area contributed by atoms with Crippen LogP contribution in [0.2, 0.25) is 0 Å². The van der Waals surface area contributed by atoms with Gasteiger partial charge < -0.3 is 15.2 Å². The number of benzene rings is 1. The van der Waals surface area contributed by atoms with E-state index in [1.165, 1.54) is 31.2 Å². The number of fused-ring (bicyclic) bond motifs is 6. The van der Waals surface area contributed by atoms with E-state index in [9.17, 15) is 10.2 Å². The first kappa shape index (κ1) is 24.0. The zero-order chi connectivity index (χ0) is 24.5. The summed E-state index contributed by atoms with van der Waals surface area (Å²) in [6.45, 7) is 9.53. The number of aliphatic hydroxyl groups excluding tert-OH is 2. The standard InChI is InChI=1S/C31H46N2O2/c1-18-5-11-26-27(15-18)33-29(32-26)12-6-19(2)23-9-10-24-22-8-7-20-16-21(34)13-14-30(20,3)25(22)17-28(35)31(23,24)4/h5,11,15,19-25,28,34-35H,6-10,12-14,16-17H2,1-4H3,(H,32,33)/t19-,20+,21+,22-,23+,24-,25-,28-,30-,31+/m0/s1. The van der Waals surface area contributed by atoms with E-state index < -0.39 is 0 Å². The summed E-state index contributed by atoms with van der Waals surface area (Å²) in [5, 5.41) is 22.1. The van der Waals surface area contributed by atoms with Gasteiger partial charge in [-0.25, -0.2) is 4.98 Å². The van der Waals surface area contributed by atoms with Gasteiger partial charge in [-0.3, -0.25) is 0 Å². The highest BCUT2D eigenvalue weighted by molar-refractivity contribution is 5.75. The highest BCUT2D eigenvalue weighted by Gasteiger charge is 2.63. The zero-order valence-electron chi connectivity index (χ0n) is 22.3. The Morgan fingerprint density at radius 1 is 1.06 bits per heavy atom. The van der Waals surface area contributed by atoms with Gasteiger partial charge in [0, 0.05) is 6.42 Å². The lowest BCUT2D eigenvalue weighted by molar-refractivity contribution is -0.174. The van der Waals surface area contributed by atoms with Gasteiger partial charge >= 0.3 is 0 Å². The van der Waals surface area contributed by atoms with Crippen molar-refractivity contribution in [2.75, 3.05) is 0 Å². The minimum Gasteiger partial charge on any atom is -0.393 e. The normalized spacial score (nSPS) is 44.0. The van der Waals surface area contributed by atoms with Crippen molar-refractivity contribution in [1.82, 2.24) is 9.97 Å². The van der Waals surface area contributed by atoms with Gasteiger partial charge in [0.15, 0.2) is 0 Å². The van der Waals surface area contributed by atoms with Crippen LogP contribution >= 0.6 is 0 Å². The third-order valence-corrected chi connectivity index (χ3v) is 12.0. The lowest BCUT2D eigenvalue weighted by atomic mass is 9.43. The van der Waals surface area contributed by atoms with Crippen molar-refractivity contribution in [1.29, 1.82) is 0 Å². The van der Waals surface area contributed by atoms with Crippen molar-refractivity contribution < 1.29 is 10.2 Å². The van der Waals surface area contributed by atoms with Gasteiger partial charge in [0.1, 0.15) is 5.82 Å². The average molecular weight is 479 g/mol. The van der Waals surface area contributed by atoms with Gasteiger partial charge in [-0.15, -0.1) is 0 Å². The number of hydrogen-bond acceptors (Lipinski definition) is 3. The smallest absolute Gasteiger partial charge is 0.107 e. The van der Waals surface area contributed by atoms with Gasteiger partial charge in [-0.1, -0.05) is 26.8 Å². The Morgan fingerprint density at radius 2 is 1.89 bits per heavy atom. The molecule has 1 aromatic carbocycles. The van der Waals surface area contributed by atoms with Crippen LogP contribution in [0.3, 0.4) is 0 Å². The fourth-order valence-electron chi connectivity index (χ4n) is 10.0. The molecule has 35 heavy (non-hydrogen) atoms. The number of aromatic amines is 1. The first-order chi connectivity index (χ1) is 16.7. The molecule has 4 aliphatic rings. The molecular formula is C31H46N2O2. The maximum atomic E-state index is 11.8. The van der Waals surface area contributed by atoms with E-state index in [-0.39, 0.29) is 17.6 Å².